The van der Waals surface area contributed by atoms with Crippen LogP contribution in [0.25, 0.3) is 0 Å². The van der Waals surface area contributed by atoms with E-state index in [1.807, 2.05) is 12.1 Å². The Morgan fingerprint density at radius 1 is 1.17 bits per heavy atom. The monoisotopic (exact) mass is 380 g/mol. The maximum absolute atomic E-state index is 10.8. The molecule has 0 aliphatic carbocycles. The second-order valence-corrected chi connectivity index (χ2v) is 5.98. The highest BCUT2D eigenvalue weighted by molar-refractivity contribution is 9.09. The molecule has 5 heteroatoms. The van der Waals surface area contributed by atoms with Crippen molar-refractivity contribution >= 4 is 27.6 Å². The molecule has 2 amide bonds. The lowest BCUT2D eigenvalue weighted by Gasteiger charge is -2.02. The number of ether oxygens (including phenoxy) is 1. The van der Waals surface area contributed by atoms with Crippen LogP contribution < -0.4 is 11.1 Å². The van der Waals surface area contributed by atoms with E-state index < -0.39 is 6.03 Å². The number of hydrogen-bond donors (Lipinski definition) is 2. The van der Waals surface area contributed by atoms with Crippen LogP contribution in [0.15, 0.2) is 24.3 Å². The zero-order valence-electron chi connectivity index (χ0n) is 13.4. The summed E-state index contributed by atoms with van der Waals surface area (Å²) in [5.74, 6) is 6.20. The number of benzene rings is 1. The average molecular weight is 381 g/mol. The van der Waals surface area contributed by atoms with Gasteiger partial charge in [0.25, 0.3) is 0 Å². The van der Waals surface area contributed by atoms with E-state index in [4.69, 9.17) is 10.5 Å². The third-order valence-corrected chi connectivity index (χ3v) is 3.69. The largest absolute Gasteiger partial charge is 0.381 e. The molecular weight excluding hydrogens is 356 g/mol. The summed E-state index contributed by atoms with van der Waals surface area (Å²) in [6.45, 7) is 1.60. The predicted octanol–water partition coefficient (Wildman–Crippen LogP) is 4.28. The van der Waals surface area contributed by atoms with E-state index in [1.54, 1.807) is 12.1 Å². The quantitative estimate of drug-likeness (QED) is 0.361. The van der Waals surface area contributed by atoms with Gasteiger partial charge in [-0.1, -0.05) is 46.7 Å². The van der Waals surface area contributed by atoms with Crippen LogP contribution in [0.4, 0.5) is 10.5 Å². The summed E-state index contributed by atoms with van der Waals surface area (Å²) in [5.41, 5.74) is 6.61. The molecule has 1 aromatic carbocycles. The Balaban J connectivity index is 2.12. The van der Waals surface area contributed by atoms with Gasteiger partial charge in [-0.15, -0.1) is 0 Å². The molecule has 0 fully saturated rings. The maximum Gasteiger partial charge on any atom is 0.316 e. The summed E-state index contributed by atoms with van der Waals surface area (Å²) in [5, 5.41) is 3.63. The third-order valence-electron chi connectivity index (χ3n) is 3.13. The first-order chi connectivity index (χ1) is 11.2. The van der Waals surface area contributed by atoms with Crippen LogP contribution in [-0.2, 0) is 4.74 Å². The van der Waals surface area contributed by atoms with Gasteiger partial charge in [0.05, 0.1) is 0 Å². The smallest absolute Gasteiger partial charge is 0.316 e. The number of halogens is 1. The van der Waals surface area contributed by atoms with Gasteiger partial charge in [0.1, 0.15) is 0 Å². The summed E-state index contributed by atoms with van der Waals surface area (Å²) >= 11 is 3.43. The molecule has 0 radical (unpaired) electrons. The Labute approximate surface area is 147 Å². The van der Waals surface area contributed by atoms with Crippen molar-refractivity contribution in [2.75, 3.05) is 23.9 Å². The summed E-state index contributed by atoms with van der Waals surface area (Å²) < 4.78 is 5.59. The van der Waals surface area contributed by atoms with Crippen LogP contribution >= 0.6 is 15.9 Å². The Bertz CT molecular complexity index is 523. The first-order valence-corrected chi connectivity index (χ1v) is 9.13. The molecule has 0 spiro atoms. The molecule has 0 aliphatic rings. The molecule has 0 atom stereocenters. The minimum atomic E-state index is -0.570. The fourth-order valence-electron chi connectivity index (χ4n) is 2.00. The van der Waals surface area contributed by atoms with Crippen molar-refractivity contribution in [3.05, 3.63) is 29.8 Å². The number of nitrogens with one attached hydrogen (secondary N) is 1. The van der Waals surface area contributed by atoms with Gasteiger partial charge in [-0.2, -0.15) is 0 Å². The van der Waals surface area contributed by atoms with Crippen LogP contribution in [0.5, 0.6) is 0 Å². The molecule has 0 heterocycles. The molecule has 3 N–H and O–H groups in total. The van der Waals surface area contributed by atoms with Crippen LogP contribution in [0.2, 0.25) is 0 Å². The molecule has 0 bridgehead atoms. The lowest BCUT2D eigenvalue weighted by molar-refractivity contribution is 0.128. The van der Waals surface area contributed by atoms with Gasteiger partial charge in [0.2, 0.25) is 0 Å². The second-order valence-electron chi connectivity index (χ2n) is 5.19. The van der Waals surface area contributed by atoms with Gasteiger partial charge in [0.15, 0.2) is 0 Å². The number of primary amides is 1. The molecule has 0 aliphatic heterocycles. The predicted molar refractivity (Wildman–Crippen MR) is 98.8 cm³/mol. The number of nitrogens with two attached hydrogens (primary N) is 1. The summed E-state index contributed by atoms with van der Waals surface area (Å²) in [6.07, 6.45) is 6.62. The normalized spacial score (nSPS) is 9.96. The number of carbonyl (C=O) groups excluding carboxylic acids is 1. The molecule has 126 valence electrons. The summed E-state index contributed by atoms with van der Waals surface area (Å²) in [7, 11) is 0. The molecule has 0 saturated heterocycles. The molecular formula is C18H25BrN2O2. The summed E-state index contributed by atoms with van der Waals surface area (Å²) in [4.78, 5) is 10.8. The van der Waals surface area contributed by atoms with E-state index in [9.17, 15) is 4.79 Å². The minimum Gasteiger partial charge on any atom is -0.381 e. The van der Waals surface area contributed by atoms with Crippen LogP contribution in [0.3, 0.4) is 0 Å². The fourth-order valence-corrected chi connectivity index (χ4v) is 2.39. The van der Waals surface area contributed by atoms with Gasteiger partial charge in [-0.05, 0) is 37.5 Å². The van der Waals surface area contributed by atoms with E-state index in [2.05, 4.69) is 33.1 Å². The van der Waals surface area contributed by atoms with E-state index in [0.717, 1.165) is 43.4 Å². The topological polar surface area (TPSA) is 64.4 Å². The Hall–Kier alpha value is -1.51. The highest BCUT2D eigenvalue weighted by Crippen LogP contribution is 2.09. The number of rotatable bonds is 10. The first kappa shape index (κ1) is 19.5. The number of urea groups is 1. The van der Waals surface area contributed by atoms with Crippen LogP contribution in [0.1, 0.15) is 44.1 Å². The van der Waals surface area contributed by atoms with Gasteiger partial charge >= 0.3 is 6.03 Å². The van der Waals surface area contributed by atoms with Crippen LogP contribution in [-0.4, -0.2) is 24.6 Å². The number of unbranched alkanes of at least 4 members (excludes halogenated alkanes) is 4. The van der Waals surface area contributed by atoms with Crippen molar-refractivity contribution in [2.24, 2.45) is 5.73 Å². The molecule has 0 unspecified atom stereocenters. The van der Waals surface area contributed by atoms with Gasteiger partial charge in [-0.3, -0.25) is 0 Å². The number of amides is 2. The number of anilines is 1. The van der Waals surface area contributed by atoms with Crippen molar-refractivity contribution in [1.82, 2.24) is 0 Å². The fraction of sp³-hybridized carbons (Fsp3) is 0.500. The molecule has 4 nitrogen and oxygen atoms in total. The van der Waals surface area contributed by atoms with Gasteiger partial charge in [-0.25, -0.2) is 4.79 Å². The number of carbonyl (C=O) groups is 1. The molecule has 0 aromatic heterocycles. The standard InChI is InChI=1S/C18H25BrN2O2/c19-12-5-1-2-6-13-23-14-7-3-4-9-16-10-8-11-17(15-16)21-18(20)22/h8,10-11,15H,1-3,5-7,12-14H2,(H3,20,21,22). The van der Waals surface area contributed by atoms with Crippen molar-refractivity contribution in [2.45, 2.75) is 38.5 Å². The van der Waals surface area contributed by atoms with Crippen LogP contribution in [0, 0.1) is 11.8 Å². The molecule has 1 rings (SSSR count). The van der Waals surface area contributed by atoms with Crippen molar-refractivity contribution in [3.8, 4) is 11.8 Å². The van der Waals surface area contributed by atoms with Gasteiger partial charge in [0, 0.05) is 36.2 Å². The first-order valence-electron chi connectivity index (χ1n) is 8.01. The SMILES string of the molecule is NC(=O)Nc1cccc(C#CCCCOCCCCCCBr)c1. The third kappa shape index (κ3) is 10.8. The zero-order valence-corrected chi connectivity index (χ0v) is 15.0. The summed E-state index contributed by atoms with van der Waals surface area (Å²) in [6, 6.07) is 6.76. The lowest BCUT2D eigenvalue weighted by Crippen LogP contribution is -2.19. The van der Waals surface area contributed by atoms with Crippen molar-refractivity contribution in [3.63, 3.8) is 0 Å². The van der Waals surface area contributed by atoms with E-state index >= 15 is 0 Å². The number of alkyl halides is 1. The number of hydrogen-bond acceptors (Lipinski definition) is 2. The minimum absolute atomic E-state index is 0.570. The Morgan fingerprint density at radius 3 is 2.74 bits per heavy atom. The van der Waals surface area contributed by atoms with Crippen molar-refractivity contribution < 1.29 is 9.53 Å². The lowest BCUT2D eigenvalue weighted by atomic mass is 10.2. The highest BCUT2D eigenvalue weighted by Gasteiger charge is 1.96. The molecule has 1 aromatic rings. The van der Waals surface area contributed by atoms with E-state index in [0.29, 0.717) is 5.69 Å². The molecule has 0 saturated carbocycles. The zero-order chi connectivity index (χ0) is 16.8. The van der Waals surface area contributed by atoms with E-state index in [-0.39, 0.29) is 0 Å². The maximum atomic E-state index is 10.8. The highest BCUT2D eigenvalue weighted by atomic mass is 79.9. The Morgan fingerprint density at radius 2 is 1.96 bits per heavy atom. The van der Waals surface area contributed by atoms with E-state index in [1.165, 1.54) is 19.3 Å². The average Bonchev–Trinajstić information content (AvgIpc) is 2.52. The van der Waals surface area contributed by atoms with Gasteiger partial charge < -0.3 is 15.8 Å². The molecule has 23 heavy (non-hydrogen) atoms. The van der Waals surface area contributed by atoms with Crippen molar-refractivity contribution in [1.29, 1.82) is 0 Å². The Kier molecular flexibility index (Phi) is 11.0. The second kappa shape index (κ2) is 13.0.